The Morgan fingerprint density at radius 1 is 0.828 bits per heavy atom. The van der Waals surface area contributed by atoms with Gasteiger partial charge in [0.25, 0.3) is 0 Å². The van der Waals surface area contributed by atoms with E-state index in [0.717, 1.165) is 41.7 Å². The summed E-state index contributed by atoms with van der Waals surface area (Å²) in [5.74, 6) is 0. The van der Waals surface area contributed by atoms with Crippen molar-refractivity contribution in [3.63, 3.8) is 0 Å². The Kier molecular flexibility index (Phi) is 5.49. The minimum absolute atomic E-state index is 0.0113. The number of allylic oxidation sites excluding steroid dienone is 4. The molecule has 0 heterocycles. The van der Waals surface area contributed by atoms with Crippen LogP contribution < -0.4 is 5.14 Å². The summed E-state index contributed by atoms with van der Waals surface area (Å²) in [6, 6.07) is 11.3. The van der Waals surface area contributed by atoms with E-state index in [1.54, 1.807) is 12.1 Å². The highest BCUT2D eigenvalue weighted by Gasteiger charge is 2.32. The summed E-state index contributed by atoms with van der Waals surface area (Å²) < 4.78 is 61.8. The molecular weight excluding hydrogens is 399 g/mol. The van der Waals surface area contributed by atoms with Crippen molar-refractivity contribution in [2.45, 2.75) is 37.8 Å². The van der Waals surface area contributed by atoms with Gasteiger partial charge in [-0.2, -0.15) is 13.2 Å². The van der Waals surface area contributed by atoms with Gasteiger partial charge in [-0.1, -0.05) is 50.3 Å². The van der Waals surface area contributed by atoms with Crippen LogP contribution in [0.4, 0.5) is 13.2 Å². The molecule has 2 N–H and O–H groups in total. The average Bonchev–Trinajstić information content (AvgIpc) is 3.07. The van der Waals surface area contributed by atoms with E-state index in [9.17, 15) is 21.6 Å². The van der Waals surface area contributed by atoms with Crippen molar-refractivity contribution >= 4 is 21.2 Å². The predicted octanol–water partition coefficient (Wildman–Crippen LogP) is 5.64. The van der Waals surface area contributed by atoms with Gasteiger partial charge in [0, 0.05) is 5.41 Å². The highest BCUT2D eigenvalue weighted by atomic mass is 32.2. The second-order valence-electron chi connectivity index (χ2n) is 7.20. The van der Waals surface area contributed by atoms with Gasteiger partial charge in [-0.15, -0.1) is 0 Å². The predicted molar refractivity (Wildman–Crippen MR) is 108 cm³/mol. The molecule has 0 saturated carbocycles. The smallest absolute Gasteiger partial charge is 0.225 e. The van der Waals surface area contributed by atoms with Crippen LogP contribution in [-0.2, 0) is 16.2 Å². The molecule has 154 valence electrons. The second-order valence-corrected chi connectivity index (χ2v) is 8.76. The minimum atomic E-state index is -4.39. The maximum atomic E-state index is 12.9. The average molecular weight is 421 g/mol. The van der Waals surface area contributed by atoms with Gasteiger partial charge in [-0.3, -0.25) is 0 Å². The lowest BCUT2D eigenvalue weighted by atomic mass is 9.84. The van der Waals surface area contributed by atoms with E-state index in [0.29, 0.717) is 5.56 Å². The quantitative estimate of drug-likeness (QED) is 0.679. The molecule has 3 nitrogen and oxygen atoms in total. The van der Waals surface area contributed by atoms with Crippen molar-refractivity contribution in [2.75, 3.05) is 0 Å². The summed E-state index contributed by atoms with van der Waals surface area (Å²) in [5.41, 5.74) is 2.28. The molecule has 7 heteroatoms. The molecule has 1 aliphatic rings. The van der Waals surface area contributed by atoms with Crippen molar-refractivity contribution in [1.82, 2.24) is 0 Å². The van der Waals surface area contributed by atoms with Crippen molar-refractivity contribution in [2.24, 2.45) is 10.6 Å². The number of hydrogen-bond acceptors (Lipinski definition) is 2. The number of benzene rings is 2. The molecule has 0 aliphatic heterocycles. The number of hydrogen-bond donors (Lipinski definition) is 1. The molecule has 1 aliphatic carbocycles. The standard InChI is InChI=1S/C22H22F3NO2S/c1-3-21(4-2)13-19(15-5-9-17(10-6-15)22(23,24)25)20(14-21)16-7-11-18(12-8-16)29(26,27)28/h5-14H,3-4H2,1-2H3,(H2,26,27,28). The molecule has 3 rings (SSSR count). The first-order chi connectivity index (χ1) is 13.5. The highest BCUT2D eigenvalue weighted by Crippen LogP contribution is 2.47. The molecular formula is C22H22F3NO2S. The van der Waals surface area contributed by atoms with Crippen LogP contribution in [-0.4, -0.2) is 8.42 Å². The molecule has 0 radical (unpaired) electrons. The van der Waals surface area contributed by atoms with Gasteiger partial charge in [0.15, 0.2) is 0 Å². The molecule has 0 atom stereocenters. The lowest BCUT2D eigenvalue weighted by Gasteiger charge is -2.20. The van der Waals surface area contributed by atoms with Crippen LogP contribution in [0.2, 0.25) is 0 Å². The molecule has 29 heavy (non-hydrogen) atoms. The van der Waals surface area contributed by atoms with E-state index in [1.165, 1.54) is 24.3 Å². The fraction of sp³-hybridized carbons (Fsp3) is 0.273. The maximum Gasteiger partial charge on any atom is 0.416 e. The van der Waals surface area contributed by atoms with Crippen molar-refractivity contribution < 1.29 is 21.6 Å². The number of halogens is 3. The third kappa shape index (κ3) is 4.31. The summed E-state index contributed by atoms with van der Waals surface area (Å²) in [4.78, 5) is 0.0113. The number of nitrogens with two attached hydrogens (primary N) is 1. The topological polar surface area (TPSA) is 60.2 Å². The van der Waals surface area contributed by atoms with E-state index in [4.69, 9.17) is 5.14 Å². The first kappa shape index (κ1) is 21.3. The van der Waals surface area contributed by atoms with Crippen molar-refractivity contribution in [1.29, 1.82) is 0 Å². The number of sulfonamides is 1. The first-order valence-electron chi connectivity index (χ1n) is 9.26. The van der Waals surface area contributed by atoms with E-state index in [1.807, 2.05) is 0 Å². The Morgan fingerprint density at radius 2 is 1.24 bits per heavy atom. The molecule has 0 fully saturated rings. The van der Waals surface area contributed by atoms with E-state index < -0.39 is 21.8 Å². The van der Waals surface area contributed by atoms with Crippen molar-refractivity contribution in [3.05, 3.63) is 77.4 Å². The van der Waals surface area contributed by atoms with Crippen molar-refractivity contribution in [3.8, 4) is 0 Å². The zero-order valence-electron chi connectivity index (χ0n) is 16.1. The van der Waals surface area contributed by atoms with Crippen LogP contribution in [0, 0.1) is 5.41 Å². The molecule has 0 saturated heterocycles. The van der Waals surface area contributed by atoms with Gasteiger partial charge in [-0.25, -0.2) is 13.6 Å². The van der Waals surface area contributed by atoms with Gasteiger partial charge in [0.1, 0.15) is 0 Å². The normalized spacial score (nSPS) is 16.5. The Hall–Kier alpha value is -2.38. The largest absolute Gasteiger partial charge is 0.416 e. The van der Waals surface area contributed by atoms with Gasteiger partial charge in [-0.05, 0) is 59.4 Å². The summed E-state index contributed by atoms with van der Waals surface area (Å²) in [5, 5.41) is 5.17. The fourth-order valence-electron chi connectivity index (χ4n) is 3.57. The summed E-state index contributed by atoms with van der Waals surface area (Å²) in [6.45, 7) is 4.13. The molecule has 0 amide bonds. The van der Waals surface area contributed by atoms with Gasteiger partial charge in [0.2, 0.25) is 10.0 Å². The molecule has 0 aromatic heterocycles. The van der Waals surface area contributed by atoms with Crippen LogP contribution in [0.15, 0.2) is 65.6 Å². The van der Waals surface area contributed by atoms with Gasteiger partial charge >= 0.3 is 6.18 Å². The van der Waals surface area contributed by atoms with Crippen LogP contribution >= 0.6 is 0 Å². The van der Waals surface area contributed by atoms with E-state index in [-0.39, 0.29) is 10.3 Å². The third-order valence-corrected chi connectivity index (χ3v) is 6.42. The Morgan fingerprint density at radius 3 is 1.59 bits per heavy atom. The molecule has 2 aromatic carbocycles. The minimum Gasteiger partial charge on any atom is -0.225 e. The SMILES string of the molecule is CCC1(CC)C=C(c2ccc(C(F)(F)F)cc2)C(c2ccc(S(N)(=O)=O)cc2)=C1. The third-order valence-electron chi connectivity index (χ3n) is 5.49. The highest BCUT2D eigenvalue weighted by molar-refractivity contribution is 7.89. The maximum absolute atomic E-state index is 12.9. The van der Waals surface area contributed by atoms with Gasteiger partial charge in [0.05, 0.1) is 10.5 Å². The summed E-state index contributed by atoms with van der Waals surface area (Å²) in [6.07, 6.45) is 1.50. The van der Waals surface area contributed by atoms with E-state index >= 15 is 0 Å². The van der Waals surface area contributed by atoms with E-state index in [2.05, 4.69) is 26.0 Å². The second kappa shape index (κ2) is 7.46. The number of primary sulfonamides is 1. The van der Waals surface area contributed by atoms with Crippen LogP contribution in [0.25, 0.3) is 11.1 Å². The molecule has 0 bridgehead atoms. The Bertz CT molecular complexity index is 1060. The first-order valence-corrected chi connectivity index (χ1v) is 10.8. The lowest BCUT2D eigenvalue weighted by Crippen LogP contribution is -2.11. The van der Waals surface area contributed by atoms with Crippen LogP contribution in [0.3, 0.4) is 0 Å². The van der Waals surface area contributed by atoms with Crippen LogP contribution in [0.1, 0.15) is 43.4 Å². The molecule has 2 aromatic rings. The Balaban J connectivity index is 2.08. The zero-order valence-corrected chi connectivity index (χ0v) is 16.9. The monoisotopic (exact) mass is 421 g/mol. The number of rotatable bonds is 5. The summed E-state index contributed by atoms with van der Waals surface area (Å²) >= 11 is 0. The zero-order chi connectivity index (χ0) is 21.4. The van der Waals surface area contributed by atoms with Gasteiger partial charge < -0.3 is 0 Å². The fourth-order valence-corrected chi connectivity index (χ4v) is 4.09. The molecule has 0 spiro atoms. The number of alkyl halides is 3. The van der Waals surface area contributed by atoms with Crippen LogP contribution in [0.5, 0.6) is 0 Å². The lowest BCUT2D eigenvalue weighted by molar-refractivity contribution is -0.137. The summed E-state index contributed by atoms with van der Waals surface area (Å²) in [7, 11) is -3.80. The molecule has 0 unspecified atom stereocenters. The Labute approximate surface area is 168 Å².